The lowest BCUT2D eigenvalue weighted by atomic mass is 9.86. The van der Waals surface area contributed by atoms with E-state index in [-0.39, 0.29) is 74.5 Å². The summed E-state index contributed by atoms with van der Waals surface area (Å²) < 4.78 is 58.6. The number of ether oxygens (including phenoxy) is 5. The summed E-state index contributed by atoms with van der Waals surface area (Å²) in [5, 5.41) is 23.7. The fourth-order valence-electron chi connectivity index (χ4n) is 7.50. The number of nitrogens with one attached hydrogen (secondary N) is 1. The van der Waals surface area contributed by atoms with Crippen molar-refractivity contribution in [1.82, 2.24) is 34.9 Å². The summed E-state index contributed by atoms with van der Waals surface area (Å²) in [6, 6.07) is 19.3. The number of benzene rings is 3. The van der Waals surface area contributed by atoms with Crippen molar-refractivity contribution < 1.29 is 56.0 Å². The van der Waals surface area contributed by atoms with E-state index < -0.39 is 38.8 Å². The van der Waals surface area contributed by atoms with Crippen LogP contribution in [0.15, 0.2) is 93.5 Å². The summed E-state index contributed by atoms with van der Waals surface area (Å²) in [6.45, 7) is -0.743. The molecular formula is C38H34N8O12S. The number of rotatable bonds is 14. The molecule has 0 bridgehead atoms. The van der Waals surface area contributed by atoms with Gasteiger partial charge in [-0.1, -0.05) is 47.7 Å². The highest BCUT2D eigenvalue weighted by Crippen LogP contribution is 2.45. The summed E-state index contributed by atoms with van der Waals surface area (Å²) in [4.78, 5) is 47.0. The van der Waals surface area contributed by atoms with Crippen LogP contribution in [0.1, 0.15) is 28.6 Å². The Morgan fingerprint density at radius 1 is 0.983 bits per heavy atom. The van der Waals surface area contributed by atoms with E-state index >= 15 is 0 Å². The molecule has 1 saturated heterocycles. The van der Waals surface area contributed by atoms with Crippen LogP contribution < -0.4 is 19.1 Å². The summed E-state index contributed by atoms with van der Waals surface area (Å²) >= 11 is 0. The second-order valence-electron chi connectivity index (χ2n) is 13.7. The highest BCUT2D eigenvalue weighted by Gasteiger charge is 2.48. The number of esters is 1. The molecule has 2 atom stereocenters. The van der Waals surface area contributed by atoms with E-state index in [1.807, 2.05) is 42.5 Å². The van der Waals surface area contributed by atoms with Gasteiger partial charge >= 0.3 is 16.9 Å². The molecule has 0 saturated carbocycles. The topological polar surface area (TPSA) is 237 Å². The molecule has 2 amide bonds. The summed E-state index contributed by atoms with van der Waals surface area (Å²) in [5.74, 6) is -0.442. The molecule has 0 spiro atoms. The van der Waals surface area contributed by atoms with E-state index in [1.165, 1.54) is 40.0 Å². The first-order valence-corrected chi connectivity index (χ1v) is 19.9. The average Bonchev–Trinajstić information content (AvgIpc) is 4.05. The van der Waals surface area contributed by atoms with Crippen LogP contribution >= 0.6 is 0 Å². The lowest BCUT2D eigenvalue weighted by Gasteiger charge is -2.47. The Hall–Kier alpha value is -7.00. The Labute approximate surface area is 334 Å². The van der Waals surface area contributed by atoms with Crippen LogP contribution in [0.25, 0.3) is 10.9 Å². The van der Waals surface area contributed by atoms with Crippen molar-refractivity contribution >= 4 is 38.5 Å². The molecule has 21 heteroatoms. The maximum atomic E-state index is 14.2. The van der Waals surface area contributed by atoms with E-state index in [2.05, 4.69) is 25.1 Å². The largest absolute Gasteiger partial charge is 0.462 e. The van der Waals surface area contributed by atoms with Crippen LogP contribution in [0.5, 0.6) is 17.4 Å². The number of para-hydroxylation sites is 1. The number of aromatic nitrogens is 6. The third-order valence-corrected chi connectivity index (χ3v) is 11.8. The third kappa shape index (κ3) is 7.14. The first-order valence-electron chi connectivity index (χ1n) is 18.4. The number of hydrogen-bond donors (Lipinski definition) is 1. The minimum absolute atomic E-state index is 0.00185. The van der Waals surface area contributed by atoms with Gasteiger partial charge in [-0.2, -0.15) is 0 Å². The van der Waals surface area contributed by atoms with Gasteiger partial charge in [-0.15, -0.1) is 5.10 Å². The van der Waals surface area contributed by atoms with E-state index in [0.717, 1.165) is 27.7 Å². The number of hydrogen-bond acceptors (Lipinski definition) is 15. The van der Waals surface area contributed by atoms with Crippen LogP contribution in [-0.4, -0.2) is 107 Å². The minimum Gasteiger partial charge on any atom is -0.462 e. The monoisotopic (exact) mass is 826 g/mol. The number of aromatic amines is 1. The van der Waals surface area contributed by atoms with Crippen LogP contribution in [0.4, 0.5) is 0 Å². The van der Waals surface area contributed by atoms with E-state index in [4.69, 9.17) is 23.7 Å². The van der Waals surface area contributed by atoms with E-state index in [1.54, 1.807) is 11.0 Å². The highest BCUT2D eigenvalue weighted by molar-refractivity contribution is 7.91. The zero-order chi connectivity index (χ0) is 40.7. The fourth-order valence-corrected chi connectivity index (χ4v) is 8.80. The van der Waals surface area contributed by atoms with Crippen LogP contribution in [0, 0.1) is 5.21 Å². The second kappa shape index (κ2) is 15.4. The number of amides is 2. The molecule has 9 rings (SSSR count). The number of fused-ring (bicyclic) bond motifs is 5. The normalized spacial score (nSPS) is 17.3. The van der Waals surface area contributed by atoms with Gasteiger partial charge in [0.2, 0.25) is 18.6 Å². The van der Waals surface area contributed by atoms with Gasteiger partial charge in [0.1, 0.15) is 38.0 Å². The van der Waals surface area contributed by atoms with Gasteiger partial charge in [0.15, 0.2) is 11.5 Å². The number of piperazine rings is 1. The Bertz CT molecular complexity index is 2680. The zero-order valence-electron chi connectivity index (χ0n) is 31.0. The standard InChI is InChI=1S/C38H34N8O12S/c47-32-20-43(37(49)29-17-27-26-8-4-5-9-28(26)39-34(27)35(45(29)32)23-10-11-30-31(16-23)57-22-56-30)18-24-19-44(42-40-24)21-33(48)54-14-12-53-13-15-55-36-38(46(50)58-41-36)59(51,52)25-6-2-1-3-7-25/h1-11,16,19,29,35,39H,12-15,17-18,20-22H2/t29-,35-/m1/s1. The van der Waals surface area contributed by atoms with E-state index in [0.29, 0.717) is 23.6 Å². The highest BCUT2D eigenvalue weighted by atomic mass is 32.2. The smallest absolute Gasteiger partial charge is 0.415 e. The number of nitrogens with zero attached hydrogens (tertiary/aromatic N) is 7. The minimum atomic E-state index is -4.26. The van der Waals surface area contributed by atoms with Crippen molar-refractivity contribution in [2.24, 2.45) is 0 Å². The molecule has 3 aromatic carbocycles. The molecule has 3 aromatic heterocycles. The molecule has 0 radical (unpaired) electrons. The van der Waals surface area contributed by atoms with Crippen molar-refractivity contribution in [3.05, 3.63) is 107 Å². The van der Waals surface area contributed by atoms with Gasteiger partial charge in [0, 0.05) is 23.0 Å². The second-order valence-corrected chi connectivity index (χ2v) is 15.6. The van der Waals surface area contributed by atoms with Crippen molar-refractivity contribution in [2.45, 2.75) is 41.5 Å². The fraction of sp³-hybridized carbons (Fsp3) is 0.289. The van der Waals surface area contributed by atoms with Gasteiger partial charge in [-0.3, -0.25) is 19.0 Å². The van der Waals surface area contributed by atoms with Crippen LogP contribution in [0.3, 0.4) is 0 Å². The zero-order valence-corrected chi connectivity index (χ0v) is 31.8. The molecule has 59 heavy (non-hydrogen) atoms. The number of carbonyl (C=O) groups excluding carboxylic acids is 3. The Morgan fingerprint density at radius 3 is 2.64 bits per heavy atom. The van der Waals surface area contributed by atoms with Crippen molar-refractivity contribution in [3.8, 4) is 17.4 Å². The predicted octanol–water partition coefficient (Wildman–Crippen LogP) is 1.47. The van der Waals surface area contributed by atoms with Crippen molar-refractivity contribution in [1.29, 1.82) is 0 Å². The average molecular weight is 827 g/mol. The molecule has 3 aliphatic rings. The Kier molecular flexibility index (Phi) is 9.80. The predicted molar refractivity (Wildman–Crippen MR) is 197 cm³/mol. The molecule has 3 aliphatic heterocycles. The SMILES string of the molecule is O=C(Cn1cc(CN2CC(=O)N3[C@H](c4ccc5c(c4)OCO5)c4[nH]c5ccccc5c4C[C@@H]3C2=O)nn1)OCCOCCOc1no[n+]([O-])c1S(=O)(=O)c1ccccc1. The summed E-state index contributed by atoms with van der Waals surface area (Å²) in [5.41, 5.74) is 3.88. The molecule has 304 valence electrons. The lowest BCUT2D eigenvalue weighted by molar-refractivity contribution is -0.832. The molecular weight excluding hydrogens is 793 g/mol. The number of carbonyl (C=O) groups is 3. The molecule has 1 N–H and O–H groups in total. The van der Waals surface area contributed by atoms with Gasteiger partial charge in [0.25, 0.3) is 9.84 Å². The van der Waals surface area contributed by atoms with Crippen LogP contribution in [-0.2, 0) is 53.2 Å². The molecule has 20 nitrogen and oxygen atoms in total. The van der Waals surface area contributed by atoms with Gasteiger partial charge in [-0.05, 0) is 46.4 Å². The van der Waals surface area contributed by atoms with E-state index in [9.17, 15) is 28.0 Å². The Balaban J connectivity index is 0.777. The quantitative estimate of drug-likeness (QED) is 0.0930. The summed E-state index contributed by atoms with van der Waals surface area (Å²) in [6.07, 6.45) is 1.83. The molecule has 6 heterocycles. The molecule has 0 aliphatic carbocycles. The summed E-state index contributed by atoms with van der Waals surface area (Å²) in [7, 11) is -4.26. The van der Waals surface area contributed by atoms with Gasteiger partial charge < -0.3 is 43.7 Å². The maximum absolute atomic E-state index is 14.2. The molecule has 0 unspecified atom stereocenters. The number of H-pyrrole nitrogens is 1. The lowest BCUT2D eigenvalue weighted by Crippen LogP contribution is -2.62. The molecule has 6 aromatic rings. The van der Waals surface area contributed by atoms with Gasteiger partial charge in [-0.25, -0.2) is 13.1 Å². The third-order valence-electron chi connectivity index (χ3n) is 10.1. The maximum Gasteiger partial charge on any atom is 0.415 e. The van der Waals surface area contributed by atoms with Crippen molar-refractivity contribution in [3.63, 3.8) is 0 Å². The van der Waals surface area contributed by atoms with Crippen molar-refractivity contribution in [2.75, 3.05) is 39.8 Å². The van der Waals surface area contributed by atoms with Crippen LogP contribution in [0.2, 0.25) is 0 Å². The first kappa shape index (κ1) is 37.6. The molecule has 1 fully saturated rings. The van der Waals surface area contributed by atoms with Gasteiger partial charge in [0.05, 0.1) is 42.0 Å². The number of sulfone groups is 1. The Morgan fingerprint density at radius 2 is 1.78 bits per heavy atom. The first-order chi connectivity index (χ1) is 28.7.